The van der Waals surface area contributed by atoms with Crippen molar-refractivity contribution < 1.29 is 9.18 Å². The van der Waals surface area contributed by atoms with Crippen LogP contribution in [-0.4, -0.2) is 11.0 Å². The van der Waals surface area contributed by atoms with E-state index in [0.717, 1.165) is 5.56 Å². The molecule has 3 rings (SSSR count). The Balaban J connectivity index is 2.14. The first-order valence-corrected chi connectivity index (χ1v) is 5.51. The van der Waals surface area contributed by atoms with E-state index >= 15 is 0 Å². The molecule has 1 aromatic carbocycles. The fourth-order valence-corrected chi connectivity index (χ4v) is 2.08. The van der Waals surface area contributed by atoms with Gasteiger partial charge in [-0.05, 0) is 17.7 Å². The molecule has 0 spiro atoms. The molecule has 1 unspecified atom stereocenters. The van der Waals surface area contributed by atoms with Crippen LogP contribution in [0.2, 0.25) is 0 Å². The normalized spacial score (nSPS) is 17.6. The average molecular weight is 243 g/mol. The number of hydrogen-bond acceptors (Lipinski definition) is 2. The summed E-state index contributed by atoms with van der Waals surface area (Å²) in [6.07, 6.45) is 3.31. The maximum absolute atomic E-state index is 13.7. The molecular weight excluding hydrogens is 233 g/mol. The maximum Gasteiger partial charge on any atom is 0.320 e. The molecule has 0 radical (unpaired) electrons. The third kappa shape index (κ3) is 1.69. The molecule has 90 valence electrons. The third-order valence-corrected chi connectivity index (χ3v) is 2.89. The van der Waals surface area contributed by atoms with Gasteiger partial charge in [0.2, 0.25) is 0 Å². The summed E-state index contributed by atoms with van der Waals surface area (Å²) < 4.78 is 13.7. The zero-order valence-corrected chi connectivity index (χ0v) is 9.35. The van der Waals surface area contributed by atoms with Gasteiger partial charge in [-0.2, -0.15) is 0 Å². The molecule has 1 aromatic heterocycles. The molecule has 0 fully saturated rings. The topological polar surface area (TPSA) is 54.0 Å². The monoisotopic (exact) mass is 243 g/mol. The van der Waals surface area contributed by atoms with Gasteiger partial charge < -0.3 is 10.6 Å². The van der Waals surface area contributed by atoms with Crippen molar-refractivity contribution >= 4 is 11.7 Å². The van der Waals surface area contributed by atoms with Crippen LogP contribution < -0.4 is 10.6 Å². The first kappa shape index (κ1) is 10.7. The van der Waals surface area contributed by atoms with Crippen molar-refractivity contribution in [1.82, 2.24) is 10.3 Å². The highest BCUT2D eigenvalue weighted by Crippen LogP contribution is 2.32. The van der Waals surface area contributed by atoms with Gasteiger partial charge >= 0.3 is 6.03 Å². The molecule has 2 heterocycles. The summed E-state index contributed by atoms with van der Waals surface area (Å²) in [4.78, 5) is 15.6. The zero-order valence-electron chi connectivity index (χ0n) is 9.35. The van der Waals surface area contributed by atoms with E-state index in [0.29, 0.717) is 5.56 Å². The number of para-hydroxylation sites is 1. The minimum atomic E-state index is -0.434. The van der Waals surface area contributed by atoms with E-state index in [1.807, 2.05) is 6.07 Å². The van der Waals surface area contributed by atoms with Crippen molar-refractivity contribution in [2.24, 2.45) is 0 Å². The van der Waals surface area contributed by atoms with Crippen molar-refractivity contribution in [2.45, 2.75) is 6.04 Å². The van der Waals surface area contributed by atoms with E-state index in [1.54, 1.807) is 30.6 Å². The van der Waals surface area contributed by atoms with Crippen molar-refractivity contribution in [3.05, 3.63) is 59.7 Å². The Morgan fingerprint density at radius 2 is 2.11 bits per heavy atom. The molecule has 0 saturated heterocycles. The molecule has 0 aliphatic carbocycles. The molecule has 1 aliphatic rings. The van der Waals surface area contributed by atoms with Crippen LogP contribution in [0.4, 0.5) is 14.9 Å². The Labute approximate surface area is 103 Å². The summed E-state index contributed by atoms with van der Waals surface area (Å²) in [6, 6.07) is 7.56. The number of hydrogen-bond donors (Lipinski definition) is 2. The molecule has 1 aliphatic heterocycles. The van der Waals surface area contributed by atoms with Crippen LogP contribution in [0.5, 0.6) is 0 Å². The van der Waals surface area contributed by atoms with E-state index < -0.39 is 11.8 Å². The fraction of sp³-hybridized carbons (Fsp3) is 0.0769. The first-order valence-electron chi connectivity index (χ1n) is 5.51. The van der Waals surface area contributed by atoms with Crippen molar-refractivity contribution in [3.8, 4) is 0 Å². The lowest BCUT2D eigenvalue weighted by Crippen LogP contribution is -2.38. The number of pyridine rings is 1. The Kier molecular flexibility index (Phi) is 2.44. The summed E-state index contributed by atoms with van der Waals surface area (Å²) in [5.41, 5.74) is 1.75. The number of nitrogens with zero attached hydrogens (tertiary/aromatic N) is 1. The predicted molar refractivity (Wildman–Crippen MR) is 64.6 cm³/mol. The Hall–Kier alpha value is -2.43. The second kappa shape index (κ2) is 4.10. The predicted octanol–water partition coefficient (Wildman–Crippen LogP) is 2.45. The lowest BCUT2D eigenvalue weighted by molar-refractivity contribution is 0.248. The Bertz CT molecular complexity index is 600. The van der Waals surface area contributed by atoms with E-state index in [9.17, 15) is 9.18 Å². The van der Waals surface area contributed by atoms with Gasteiger partial charge in [0.25, 0.3) is 0 Å². The average Bonchev–Trinajstić information content (AvgIpc) is 2.40. The lowest BCUT2D eigenvalue weighted by atomic mass is 9.97. The standard InChI is InChI=1S/C13H10FN3O/c14-10-5-1-4-9-11(8-3-2-6-15-7-8)16-13(18)17-12(9)10/h1-7,11H,(H2,16,17,18). The largest absolute Gasteiger partial charge is 0.327 e. The van der Waals surface area contributed by atoms with Gasteiger partial charge in [-0.15, -0.1) is 0 Å². The number of urea groups is 1. The lowest BCUT2D eigenvalue weighted by Gasteiger charge is -2.27. The highest BCUT2D eigenvalue weighted by Gasteiger charge is 2.27. The maximum atomic E-state index is 13.7. The fourth-order valence-electron chi connectivity index (χ4n) is 2.08. The van der Waals surface area contributed by atoms with Crippen LogP contribution in [0, 0.1) is 5.82 Å². The minimum Gasteiger partial charge on any atom is -0.327 e. The van der Waals surface area contributed by atoms with Gasteiger partial charge in [0.15, 0.2) is 0 Å². The van der Waals surface area contributed by atoms with Crippen LogP contribution in [0.15, 0.2) is 42.7 Å². The summed E-state index contributed by atoms with van der Waals surface area (Å²) in [6.45, 7) is 0. The summed E-state index contributed by atoms with van der Waals surface area (Å²) in [5, 5.41) is 5.24. The number of nitrogens with one attached hydrogen (secondary N) is 2. The van der Waals surface area contributed by atoms with Crippen LogP contribution in [0.1, 0.15) is 17.2 Å². The number of fused-ring (bicyclic) bond motifs is 1. The molecule has 4 nitrogen and oxygen atoms in total. The number of rotatable bonds is 1. The van der Waals surface area contributed by atoms with Gasteiger partial charge in [-0.3, -0.25) is 4.98 Å². The molecule has 5 heteroatoms. The van der Waals surface area contributed by atoms with Crippen molar-refractivity contribution in [1.29, 1.82) is 0 Å². The number of aromatic nitrogens is 1. The van der Waals surface area contributed by atoms with Gasteiger partial charge in [0.05, 0.1) is 11.7 Å². The number of benzene rings is 1. The number of carbonyl (C=O) groups excluding carboxylic acids is 1. The summed E-state index contributed by atoms with van der Waals surface area (Å²) in [5.74, 6) is -0.434. The first-order chi connectivity index (χ1) is 8.75. The highest BCUT2D eigenvalue weighted by atomic mass is 19.1. The van der Waals surface area contributed by atoms with Crippen LogP contribution in [-0.2, 0) is 0 Å². The quantitative estimate of drug-likeness (QED) is 0.808. The molecule has 18 heavy (non-hydrogen) atoms. The van der Waals surface area contributed by atoms with E-state index in [-0.39, 0.29) is 11.7 Å². The molecule has 2 aromatic rings. The Morgan fingerprint density at radius 1 is 1.22 bits per heavy atom. The molecule has 0 saturated carbocycles. The van der Waals surface area contributed by atoms with Crippen LogP contribution >= 0.6 is 0 Å². The molecule has 1 atom stereocenters. The second-order valence-electron chi connectivity index (χ2n) is 4.02. The Morgan fingerprint density at radius 3 is 2.89 bits per heavy atom. The van der Waals surface area contributed by atoms with Gasteiger partial charge in [-0.1, -0.05) is 18.2 Å². The van der Waals surface area contributed by atoms with Gasteiger partial charge in [-0.25, -0.2) is 9.18 Å². The SMILES string of the molecule is O=C1Nc2c(F)cccc2C(c2cccnc2)N1. The van der Waals surface area contributed by atoms with Crippen molar-refractivity contribution in [2.75, 3.05) is 5.32 Å². The number of halogens is 1. The zero-order chi connectivity index (χ0) is 12.5. The van der Waals surface area contributed by atoms with E-state index in [2.05, 4.69) is 15.6 Å². The second-order valence-corrected chi connectivity index (χ2v) is 4.02. The van der Waals surface area contributed by atoms with E-state index in [4.69, 9.17) is 0 Å². The van der Waals surface area contributed by atoms with Crippen molar-refractivity contribution in [3.63, 3.8) is 0 Å². The van der Waals surface area contributed by atoms with Crippen LogP contribution in [0.3, 0.4) is 0 Å². The molecule has 2 N–H and O–H groups in total. The minimum absolute atomic E-state index is 0.232. The van der Waals surface area contributed by atoms with Crippen LogP contribution in [0.25, 0.3) is 0 Å². The van der Waals surface area contributed by atoms with Gasteiger partial charge in [0.1, 0.15) is 5.82 Å². The summed E-state index contributed by atoms with van der Waals surface area (Å²) >= 11 is 0. The smallest absolute Gasteiger partial charge is 0.320 e. The number of amides is 2. The third-order valence-electron chi connectivity index (χ3n) is 2.89. The highest BCUT2D eigenvalue weighted by molar-refractivity contribution is 5.93. The number of anilines is 1. The number of carbonyl (C=O) groups is 1. The summed E-state index contributed by atoms with van der Waals surface area (Å²) in [7, 11) is 0. The van der Waals surface area contributed by atoms with E-state index in [1.165, 1.54) is 6.07 Å². The van der Waals surface area contributed by atoms with Gasteiger partial charge in [0, 0.05) is 18.0 Å². The molecular formula is C13H10FN3O. The molecule has 0 bridgehead atoms. The molecule has 2 amide bonds.